The maximum Gasteiger partial charge on any atom is 0.410 e. The number of nitrogens with zero attached hydrogens (tertiary/aromatic N) is 4. The summed E-state index contributed by atoms with van der Waals surface area (Å²) >= 11 is 4.52. The first-order valence-electron chi connectivity index (χ1n) is 8.82. The van der Waals surface area contributed by atoms with Gasteiger partial charge in [-0.25, -0.2) is 9.78 Å². The number of hydrogen-bond donors (Lipinski definition) is 1. The maximum absolute atomic E-state index is 12.4. The highest BCUT2D eigenvalue weighted by Gasteiger charge is 2.27. The summed E-state index contributed by atoms with van der Waals surface area (Å²) in [6, 6.07) is 1.86. The van der Waals surface area contributed by atoms with Gasteiger partial charge in [0.05, 0.1) is 17.6 Å². The second-order valence-corrected chi connectivity index (χ2v) is 8.95. The highest BCUT2D eigenvalue weighted by molar-refractivity contribution is 9.10. The van der Waals surface area contributed by atoms with Crippen LogP contribution in [0.15, 0.2) is 28.4 Å². The number of halogens is 1. The second kappa shape index (κ2) is 8.44. The topological polar surface area (TPSA) is 87.7 Å². The molecule has 1 aliphatic rings. The zero-order chi connectivity index (χ0) is 20.3. The highest BCUT2D eigenvalue weighted by Crippen LogP contribution is 2.27. The first-order valence-corrected chi connectivity index (χ1v) is 10.5. The van der Waals surface area contributed by atoms with Crippen LogP contribution in [0.3, 0.4) is 0 Å². The lowest BCUT2D eigenvalue weighted by molar-refractivity contribution is 0.0240. The highest BCUT2D eigenvalue weighted by atomic mass is 79.9. The standard InChI is InChI=1S/C18H22BrN5O3S/c1-18(2,3)27-17(26)24-8-6-23(7-9-24)13-4-5-20-10-12(13)21-15(25)16-22-14(19)11-28-16/h4-5,10-11H,6-9H2,1-3H3,(H,21,25). The summed E-state index contributed by atoms with van der Waals surface area (Å²) < 4.78 is 6.07. The summed E-state index contributed by atoms with van der Waals surface area (Å²) in [5, 5.41) is 5.01. The van der Waals surface area contributed by atoms with Gasteiger partial charge in [-0.3, -0.25) is 9.78 Å². The van der Waals surface area contributed by atoms with Gasteiger partial charge in [0.1, 0.15) is 10.2 Å². The number of nitrogens with one attached hydrogen (secondary N) is 1. The Balaban J connectivity index is 1.65. The van der Waals surface area contributed by atoms with Crippen LogP contribution in [-0.2, 0) is 4.74 Å². The van der Waals surface area contributed by atoms with Crippen LogP contribution in [0, 0.1) is 0 Å². The van der Waals surface area contributed by atoms with Crippen LogP contribution in [0.4, 0.5) is 16.2 Å². The molecule has 1 N–H and O–H groups in total. The van der Waals surface area contributed by atoms with Gasteiger partial charge in [0, 0.05) is 37.8 Å². The lowest BCUT2D eigenvalue weighted by Gasteiger charge is -2.37. The minimum atomic E-state index is -0.512. The largest absolute Gasteiger partial charge is 0.444 e. The molecule has 8 nitrogen and oxygen atoms in total. The Hall–Kier alpha value is -2.20. The summed E-state index contributed by atoms with van der Waals surface area (Å²) in [6.45, 7) is 7.92. The number of carbonyl (C=O) groups excluding carboxylic acids is 2. The van der Waals surface area contributed by atoms with Gasteiger partial charge >= 0.3 is 6.09 Å². The Labute approximate surface area is 176 Å². The monoisotopic (exact) mass is 467 g/mol. The molecule has 0 saturated carbocycles. The number of hydrogen-bond acceptors (Lipinski definition) is 7. The normalized spacial score (nSPS) is 14.7. The van der Waals surface area contributed by atoms with E-state index in [4.69, 9.17) is 4.74 Å². The fourth-order valence-corrected chi connectivity index (χ4v) is 3.90. The van der Waals surface area contributed by atoms with Crippen molar-refractivity contribution in [3.05, 3.63) is 33.5 Å². The molecule has 10 heteroatoms. The molecule has 0 aromatic carbocycles. The number of piperazine rings is 1. The van der Waals surface area contributed by atoms with Crippen molar-refractivity contribution in [1.29, 1.82) is 0 Å². The maximum atomic E-state index is 12.4. The predicted octanol–water partition coefficient (Wildman–Crippen LogP) is 3.61. The van der Waals surface area contributed by atoms with Gasteiger partial charge in [-0.2, -0.15) is 0 Å². The first kappa shape index (κ1) is 20.5. The van der Waals surface area contributed by atoms with Gasteiger partial charge in [-0.05, 0) is 42.8 Å². The van der Waals surface area contributed by atoms with Crippen molar-refractivity contribution in [2.24, 2.45) is 0 Å². The van der Waals surface area contributed by atoms with Gasteiger partial charge in [0.15, 0.2) is 5.01 Å². The van der Waals surface area contributed by atoms with E-state index in [1.807, 2.05) is 26.8 Å². The summed E-state index contributed by atoms with van der Waals surface area (Å²) in [4.78, 5) is 36.8. The van der Waals surface area contributed by atoms with E-state index in [1.165, 1.54) is 11.3 Å². The Morgan fingerprint density at radius 2 is 1.96 bits per heavy atom. The summed E-state index contributed by atoms with van der Waals surface area (Å²) in [6.07, 6.45) is 3.01. The van der Waals surface area contributed by atoms with Gasteiger partial charge in [0.25, 0.3) is 5.91 Å². The fourth-order valence-electron chi connectivity index (χ4n) is 2.75. The van der Waals surface area contributed by atoms with E-state index in [0.717, 1.165) is 5.69 Å². The van der Waals surface area contributed by atoms with Gasteiger partial charge < -0.3 is 19.9 Å². The first-order chi connectivity index (χ1) is 13.2. The number of amides is 2. The van der Waals surface area contributed by atoms with Gasteiger partial charge in [0.2, 0.25) is 0 Å². The minimum Gasteiger partial charge on any atom is -0.444 e. The second-order valence-electron chi connectivity index (χ2n) is 7.28. The van der Waals surface area contributed by atoms with Gasteiger partial charge in [-0.1, -0.05) is 0 Å². The lowest BCUT2D eigenvalue weighted by Crippen LogP contribution is -2.50. The number of carbonyl (C=O) groups is 2. The van der Waals surface area contributed by atoms with E-state index in [-0.39, 0.29) is 12.0 Å². The van der Waals surface area contributed by atoms with Crippen molar-refractivity contribution in [2.75, 3.05) is 36.4 Å². The third kappa shape index (κ3) is 5.20. The molecule has 2 amide bonds. The molecule has 2 aromatic rings. The molecule has 0 unspecified atom stereocenters. The van der Waals surface area contributed by atoms with Crippen LogP contribution < -0.4 is 10.2 Å². The average Bonchev–Trinajstić information content (AvgIpc) is 3.07. The average molecular weight is 468 g/mol. The fraction of sp³-hybridized carbons (Fsp3) is 0.444. The molecule has 2 aromatic heterocycles. The molecule has 0 atom stereocenters. The van der Waals surface area contributed by atoms with E-state index in [0.29, 0.717) is 41.5 Å². The molecule has 1 aliphatic heterocycles. The Morgan fingerprint density at radius 3 is 2.57 bits per heavy atom. The molecular weight excluding hydrogens is 446 g/mol. The van der Waals surface area contributed by atoms with Crippen LogP contribution in [0.1, 0.15) is 30.6 Å². The SMILES string of the molecule is CC(C)(C)OC(=O)N1CCN(c2ccncc2NC(=O)c2nc(Br)cs2)CC1. The molecule has 150 valence electrons. The number of rotatable bonds is 3. The van der Waals surface area contributed by atoms with Crippen molar-refractivity contribution in [3.63, 3.8) is 0 Å². The zero-order valence-corrected chi connectivity index (χ0v) is 18.3. The molecule has 0 radical (unpaired) electrons. The van der Waals surface area contributed by atoms with Crippen LogP contribution >= 0.6 is 27.3 Å². The minimum absolute atomic E-state index is 0.280. The zero-order valence-electron chi connectivity index (χ0n) is 15.9. The van der Waals surface area contributed by atoms with Crippen LogP contribution in [0.2, 0.25) is 0 Å². The van der Waals surface area contributed by atoms with Crippen molar-refractivity contribution in [3.8, 4) is 0 Å². The van der Waals surface area contributed by atoms with Crippen molar-refractivity contribution in [1.82, 2.24) is 14.9 Å². The van der Waals surface area contributed by atoms with Crippen LogP contribution in [0.5, 0.6) is 0 Å². The van der Waals surface area contributed by atoms with Crippen LogP contribution in [-0.4, -0.2) is 58.6 Å². The van der Waals surface area contributed by atoms with E-state index >= 15 is 0 Å². The molecular formula is C18H22BrN5O3S. The quantitative estimate of drug-likeness (QED) is 0.741. The molecule has 3 heterocycles. The van der Waals surface area contributed by atoms with E-state index in [2.05, 4.69) is 36.1 Å². The van der Waals surface area contributed by atoms with Gasteiger partial charge in [-0.15, -0.1) is 11.3 Å². The summed E-state index contributed by atoms with van der Waals surface area (Å²) in [5.74, 6) is -0.280. The van der Waals surface area contributed by atoms with Crippen molar-refractivity contribution in [2.45, 2.75) is 26.4 Å². The molecule has 0 bridgehead atoms. The van der Waals surface area contributed by atoms with E-state index < -0.39 is 5.60 Å². The number of anilines is 2. The molecule has 1 saturated heterocycles. The number of aromatic nitrogens is 2. The molecule has 0 spiro atoms. The number of ether oxygens (including phenoxy) is 1. The Morgan fingerprint density at radius 1 is 1.25 bits per heavy atom. The molecule has 0 aliphatic carbocycles. The lowest BCUT2D eigenvalue weighted by atomic mass is 10.2. The van der Waals surface area contributed by atoms with Crippen molar-refractivity contribution >= 4 is 50.6 Å². The predicted molar refractivity (Wildman–Crippen MR) is 112 cm³/mol. The summed E-state index contributed by atoms with van der Waals surface area (Å²) in [7, 11) is 0. The van der Waals surface area contributed by atoms with Crippen LogP contribution in [0.25, 0.3) is 0 Å². The molecule has 3 rings (SSSR count). The van der Waals surface area contributed by atoms with E-state index in [1.54, 1.807) is 22.7 Å². The third-order valence-corrected chi connectivity index (χ3v) is 5.54. The van der Waals surface area contributed by atoms with E-state index in [9.17, 15) is 9.59 Å². The molecule has 28 heavy (non-hydrogen) atoms. The molecule has 1 fully saturated rings. The van der Waals surface area contributed by atoms with Crippen molar-refractivity contribution < 1.29 is 14.3 Å². The smallest absolute Gasteiger partial charge is 0.410 e. The Bertz CT molecular complexity index is 859. The number of pyridine rings is 1. The Kier molecular flexibility index (Phi) is 6.19. The number of thiazole rings is 1. The summed E-state index contributed by atoms with van der Waals surface area (Å²) in [5.41, 5.74) is 0.967. The third-order valence-electron chi connectivity index (χ3n) is 3.99.